The van der Waals surface area contributed by atoms with Crippen LogP contribution in [0.5, 0.6) is 0 Å². The monoisotopic (exact) mass is 242 g/mol. The van der Waals surface area contributed by atoms with Crippen molar-refractivity contribution < 1.29 is 8.78 Å². The maximum absolute atomic E-state index is 13.9. The molecule has 0 aliphatic carbocycles. The first kappa shape index (κ1) is 13.9. The van der Waals surface area contributed by atoms with Gasteiger partial charge >= 0.3 is 0 Å². The molecule has 1 aromatic carbocycles. The molecule has 0 spiro atoms. The third kappa shape index (κ3) is 2.94. The van der Waals surface area contributed by atoms with Gasteiger partial charge < -0.3 is 10.6 Å². The highest BCUT2D eigenvalue weighted by molar-refractivity contribution is 5.50. The third-order valence-corrected chi connectivity index (χ3v) is 2.76. The van der Waals surface area contributed by atoms with Gasteiger partial charge in [-0.3, -0.25) is 0 Å². The second-order valence-electron chi connectivity index (χ2n) is 4.36. The second-order valence-corrected chi connectivity index (χ2v) is 4.36. The summed E-state index contributed by atoms with van der Waals surface area (Å²) in [5, 5.41) is 0. The van der Waals surface area contributed by atoms with Crippen molar-refractivity contribution in [2.45, 2.75) is 39.8 Å². The highest BCUT2D eigenvalue weighted by Crippen LogP contribution is 2.25. The molecule has 0 saturated carbocycles. The minimum Gasteiger partial charge on any atom is -0.367 e. The van der Waals surface area contributed by atoms with Gasteiger partial charge in [-0.25, -0.2) is 8.78 Å². The summed E-state index contributed by atoms with van der Waals surface area (Å²) in [7, 11) is 0. The molecule has 0 fully saturated rings. The van der Waals surface area contributed by atoms with Crippen molar-refractivity contribution in [2.75, 3.05) is 11.4 Å². The first-order valence-electron chi connectivity index (χ1n) is 5.96. The van der Waals surface area contributed by atoms with Gasteiger partial charge in [0.15, 0.2) is 11.6 Å². The van der Waals surface area contributed by atoms with E-state index >= 15 is 0 Å². The van der Waals surface area contributed by atoms with E-state index in [1.165, 1.54) is 0 Å². The molecule has 96 valence electrons. The zero-order valence-electron chi connectivity index (χ0n) is 10.6. The van der Waals surface area contributed by atoms with Crippen LogP contribution in [0.1, 0.15) is 32.8 Å². The smallest absolute Gasteiger partial charge is 0.182 e. The largest absolute Gasteiger partial charge is 0.367 e. The fourth-order valence-corrected chi connectivity index (χ4v) is 1.86. The zero-order valence-corrected chi connectivity index (χ0v) is 10.6. The average molecular weight is 242 g/mol. The van der Waals surface area contributed by atoms with E-state index in [4.69, 9.17) is 5.73 Å². The van der Waals surface area contributed by atoms with Gasteiger partial charge in [0.25, 0.3) is 0 Å². The molecule has 4 heteroatoms. The van der Waals surface area contributed by atoms with Crippen molar-refractivity contribution in [3.05, 3.63) is 29.3 Å². The quantitative estimate of drug-likeness (QED) is 0.860. The van der Waals surface area contributed by atoms with Crippen LogP contribution < -0.4 is 10.6 Å². The van der Waals surface area contributed by atoms with Crippen molar-refractivity contribution in [2.24, 2.45) is 5.73 Å². The molecule has 1 aromatic rings. The zero-order chi connectivity index (χ0) is 13.0. The van der Waals surface area contributed by atoms with E-state index in [0.29, 0.717) is 12.2 Å². The molecule has 2 nitrogen and oxygen atoms in total. The highest BCUT2D eigenvalue weighted by Gasteiger charge is 2.18. The van der Waals surface area contributed by atoms with Gasteiger partial charge in [-0.1, -0.05) is 13.0 Å². The number of halogens is 2. The summed E-state index contributed by atoms with van der Waals surface area (Å²) in [5.74, 6) is -1.62. The molecular formula is C13H20F2N2. The lowest BCUT2D eigenvalue weighted by Crippen LogP contribution is -2.32. The summed E-state index contributed by atoms with van der Waals surface area (Å²) in [5.41, 5.74) is 5.87. The summed E-state index contributed by atoms with van der Waals surface area (Å²) < 4.78 is 27.6. The van der Waals surface area contributed by atoms with Crippen LogP contribution in [-0.4, -0.2) is 12.6 Å². The maximum atomic E-state index is 13.9. The number of anilines is 1. The highest BCUT2D eigenvalue weighted by atomic mass is 19.2. The Hall–Kier alpha value is -1.16. The third-order valence-electron chi connectivity index (χ3n) is 2.76. The lowest BCUT2D eigenvalue weighted by molar-refractivity contribution is 0.493. The fourth-order valence-electron chi connectivity index (χ4n) is 1.86. The van der Waals surface area contributed by atoms with Gasteiger partial charge in [0, 0.05) is 24.7 Å². The first-order chi connectivity index (χ1) is 8.02. The van der Waals surface area contributed by atoms with Crippen LogP contribution in [0.3, 0.4) is 0 Å². The van der Waals surface area contributed by atoms with Crippen LogP contribution in [-0.2, 0) is 6.54 Å². The molecule has 0 atom stereocenters. The lowest BCUT2D eigenvalue weighted by atomic mass is 10.1. The van der Waals surface area contributed by atoms with Gasteiger partial charge in [-0.05, 0) is 26.3 Å². The standard InChI is InChI=1S/C13H20F2N2/c1-4-7-17(9(2)3)11-6-5-10(8-16)12(14)13(11)15/h5-6,9H,4,7-8,16H2,1-3H3. The summed E-state index contributed by atoms with van der Waals surface area (Å²) >= 11 is 0. The molecular weight excluding hydrogens is 222 g/mol. The average Bonchev–Trinajstić information content (AvgIpc) is 2.30. The summed E-state index contributed by atoms with van der Waals surface area (Å²) in [6.45, 7) is 6.65. The van der Waals surface area contributed by atoms with Crippen LogP contribution in [0.2, 0.25) is 0 Å². The minimum atomic E-state index is -0.827. The van der Waals surface area contributed by atoms with Gasteiger partial charge in [0.1, 0.15) is 0 Å². The summed E-state index contributed by atoms with van der Waals surface area (Å²) in [6.07, 6.45) is 0.887. The normalized spacial score (nSPS) is 11.0. The number of nitrogens with zero attached hydrogens (tertiary/aromatic N) is 1. The molecule has 0 aromatic heterocycles. The Labute approximate surface area is 101 Å². The first-order valence-corrected chi connectivity index (χ1v) is 5.96. The van der Waals surface area contributed by atoms with Crippen molar-refractivity contribution in [3.8, 4) is 0 Å². The predicted octanol–water partition coefficient (Wildman–Crippen LogP) is 3.05. The number of nitrogens with two attached hydrogens (primary N) is 1. The molecule has 0 radical (unpaired) electrons. The van der Waals surface area contributed by atoms with Gasteiger partial charge in [-0.15, -0.1) is 0 Å². The van der Waals surface area contributed by atoms with E-state index in [1.807, 2.05) is 25.7 Å². The number of hydrogen-bond acceptors (Lipinski definition) is 2. The Morgan fingerprint density at radius 2 is 1.88 bits per heavy atom. The van der Waals surface area contributed by atoms with Crippen LogP contribution in [0, 0.1) is 11.6 Å². The second kappa shape index (κ2) is 5.96. The molecule has 0 aliphatic heterocycles. The Kier molecular flexibility index (Phi) is 4.87. The molecule has 2 N–H and O–H groups in total. The van der Waals surface area contributed by atoms with E-state index < -0.39 is 11.6 Å². The lowest BCUT2D eigenvalue weighted by Gasteiger charge is -2.29. The fraction of sp³-hybridized carbons (Fsp3) is 0.538. The van der Waals surface area contributed by atoms with Crippen molar-refractivity contribution in [1.29, 1.82) is 0 Å². The van der Waals surface area contributed by atoms with Crippen molar-refractivity contribution >= 4 is 5.69 Å². The summed E-state index contributed by atoms with van der Waals surface area (Å²) in [6, 6.07) is 3.29. The van der Waals surface area contributed by atoms with Crippen LogP contribution in [0.4, 0.5) is 14.5 Å². The number of hydrogen-bond donors (Lipinski definition) is 1. The summed E-state index contributed by atoms with van der Waals surface area (Å²) in [4.78, 5) is 1.86. The minimum absolute atomic E-state index is 0.0124. The molecule has 0 bridgehead atoms. The molecule has 0 heterocycles. The molecule has 17 heavy (non-hydrogen) atoms. The topological polar surface area (TPSA) is 29.3 Å². The van der Waals surface area contributed by atoms with E-state index in [-0.39, 0.29) is 18.2 Å². The Morgan fingerprint density at radius 3 is 2.35 bits per heavy atom. The van der Waals surface area contributed by atoms with E-state index in [1.54, 1.807) is 12.1 Å². The Bertz CT molecular complexity index is 378. The van der Waals surface area contributed by atoms with E-state index in [2.05, 4.69) is 0 Å². The molecule has 0 saturated heterocycles. The van der Waals surface area contributed by atoms with E-state index in [0.717, 1.165) is 6.42 Å². The van der Waals surface area contributed by atoms with Gasteiger partial charge in [0.05, 0.1) is 5.69 Å². The Morgan fingerprint density at radius 1 is 1.24 bits per heavy atom. The van der Waals surface area contributed by atoms with Crippen LogP contribution >= 0.6 is 0 Å². The Balaban J connectivity index is 3.16. The van der Waals surface area contributed by atoms with E-state index in [9.17, 15) is 8.78 Å². The van der Waals surface area contributed by atoms with Crippen molar-refractivity contribution in [3.63, 3.8) is 0 Å². The number of rotatable bonds is 5. The molecule has 0 unspecified atom stereocenters. The SMILES string of the molecule is CCCN(c1ccc(CN)c(F)c1F)C(C)C. The molecule has 0 aliphatic rings. The predicted molar refractivity (Wildman–Crippen MR) is 67.0 cm³/mol. The van der Waals surface area contributed by atoms with Gasteiger partial charge in [0.2, 0.25) is 0 Å². The number of benzene rings is 1. The molecule has 0 amide bonds. The maximum Gasteiger partial charge on any atom is 0.182 e. The van der Waals surface area contributed by atoms with Crippen LogP contribution in [0.25, 0.3) is 0 Å². The van der Waals surface area contributed by atoms with Crippen molar-refractivity contribution in [1.82, 2.24) is 0 Å². The molecule has 1 rings (SSSR count). The van der Waals surface area contributed by atoms with Crippen LogP contribution in [0.15, 0.2) is 12.1 Å². The van der Waals surface area contributed by atoms with Gasteiger partial charge in [-0.2, -0.15) is 0 Å².